The summed E-state index contributed by atoms with van der Waals surface area (Å²) in [4.78, 5) is 14.4. The Kier molecular flexibility index (Phi) is 9.57. The summed E-state index contributed by atoms with van der Waals surface area (Å²) in [7, 11) is 0. The second-order valence-corrected chi connectivity index (χ2v) is 6.64. The van der Waals surface area contributed by atoms with Crippen LogP contribution in [0.4, 0.5) is 0 Å². The molecule has 0 saturated carbocycles. The average Bonchev–Trinajstić information content (AvgIpc) is 2.58. The van der Waals surface area contributed by atoms with Crippen molar-refractivity contribution in [2.45, 2.75) is 45.3 Å². The van der Waals surface area contributed by atoms with Crippen LogP contribution in [0.1, 0.15) is 31.7 Å². The van der Waals surface area contributed by atoms with Crippen LogP contribution in [-0.4, -0.2) is 49.3 Å². The van der Waals surface area contributed by atoms with Crippen LogP contribution in [0.2, 0.25) is 5.02 Å². The molecule has 0 bridgehead atoms. The number of aryl methyl sites for hydroxylation is 1. The van der Waals surface area contributed by atoms with Gasteiger partial charge in [0.15, 0.2) is 6.10 Å². The molecule has 1 aromatic carbocycles. The topological polar surface area (TPSA) is 64.8 Å². The predicted molar refractivity (Wildman–Crippen MR) is 103 cm³/mol. The normalized spacial score (nSPS) is 16.2. The van der Waals surface area contributed by atoms with E-state index in [9.17, 15) is 4.79 Å². The number of carbonyl (C=O) groups excluding carboxylic acids is 1. The fraction of sp³-hybridized carbons (Fsp3) is 0.611. The first kappa shape index (κ1) is 22.0. The summed E-state index contributed by atoms with van der Waals surface area (Å²) in [5.41, 5.74) is 6.51. The highest BCUT2D eigenvalue weighted by Gasteiger charge is 2.27. The molecule has 2 N–H and O–H groups in total. The van der Waals surface area contributed by atoms with Gasteiger partial charge in [0.2, 0.25) is 0 Å². The van der Waals surface area contributed by atoms with Crippen molar-refractivity contribution in [1.82, 2.24) is 4.90 Å². The number of hydrogen-bond donors (Lipinski definition) is 1. The molecule has 25 heavy (non-hydrogen) atoms. The number of amides is 1. The van der Waals surface area contributed by atoms with E-state index in [-0.39, 0.29) is 24.4 Å². The van der Waals surface area contributed by atoms with Gasteiger partial charge in [-0.25, -0.2) is 0 Å². The van der Waals surface area contributed by atoms with Crippen LogP contribution in [-0.2, 0) is 9.53 Å². The summed E-state index contributed by atoms with van der Waals surface area (Å²) in [6, 6.07) is 5.55. The highest BCUT2D eigenvalue weighted by atomic mass is 35.5. The maximum atomic E-state index is 12.6. The number of piperidine rings is 1. The third-order valence-electron chi connectivity index (χ3n) is 4.19. The van der Waals surface area contributed by atoms with Gasteiger partial charge in [-0.05, 0) is 57.4 Å². The molecule has 1 fully saturated rings. The van der Waals surface area contributed by atoms with E-state index in [0.717, 1.165) is 24.8 Å². The molecule has 1 aromatic rings. The number of likely N-dealkylation sites (tertiary alicyclic amines) is 1. The van der Waals surface area contributed by atoms with Crippen LogP contribution in [0, 0.1) is 6.92 Å². The van der Waals surface area contributed by atoms with E-state index in [1.165, 1.54) is 0 Å². The van der Waals surface area contributed by atoms with E-state index in [4.69, 9.17) is 26.8 Å². The Hall–Kier alpha value is -1.01. The molecule has 1 amide bonds. The molecule has 1 atom stereocenters. The minimum atomic E-state index is -0.556. The smallest absolute Gasteiger partial charge is 0.263 e. The van der Waals surface area contributed by atoms with Gasteiger partial charge in [0, 0.05) is 19.7 Å². The van der Waals surface area contributed by atoms with Crippen molar-refractivity contribution < 1.29 is 14.3 Å². The molecular formula is C18H28Cl2N2O3. The minimum Gasteiger partial charge on any atom is -0.479 e. The van der Waals surface area contributed by atoms with Crippen LogP contribution in [0.15, 0.2) is 18.2 Å². The van der Waals surface area contributed by atoms with Crippen molar-refractivity contribution in [2.24, 2.45) is 5.73 Å². The van der Waals surface area contributed by atoms with Gasteiger partial charge in [-0.3, -0.25) is 4.79 Å². The maximum Gasteiger partial charge on any atom is 0.263 e. The number of carbonyl (C=O) groups is 1. The SMILES string of the molecule is Cc1ccc(Cl)c(OC(C)C(=O)N2CCC(OCCCN)CC2)c1.Cl. The van der Waals surface area contributed by atoms with E-state index in [1.807, 2.05) is 24.0 Å². The van der Waals surface area contributed by atoms with Gasteiger partial charge in [-0.2, -0.15) is 0 Å². The van der Waals surface area contributed by atoms with Crippen molar-refractivity contribution in [3.8, 4) is 5.75 Å². The summed E-state index contributed by atoms with van der Waals surface area (Å²) in [6.45, 7) is 6.47. The molecule has 0 aromatic heterocycles. The van der Waals surface area contributed by atoms with E-state index in [0.29, 0.717) is 37.0 Å². The predicted octanol–water partition coefficient (Wildman–Crippen LogP) is 3.19. The number of nitrogens with two attached hydrogens (primary N) is 1. The number of halogens is 2. The standard InChI is InChI=1S/C18H27ClN2O3.ClH/c1-13-4-5-16(19)17(12-13)24-14(2)18(22)21-9-6-15(7-10-21)23-11-3-8-20;/h4-5,12,14-15H,3,6-11,20H2,1-2H3;1H. The molecule has 5 nitrogen and oxygen atoms in total. The Morgan fingerprint density at radius 1 is 1.40 bits per heavy atom. The van der Waals surface area contributed by atoms with E-state index >= 15 is 0 Å². The van der Waals surface area contributed by atoms with Gasteiger partial charge in [0.05, 0.1) is 11.1 Å². The van der Waals surface area contributed by atoms with Gasteiger partial charge in [-0.1, -0.05) is 17.7 Å². The molecule has 7 heteroatoms. The zero-order valence-electron chi connectivity index (χ0n) is 14.9. The second kappa shape index (κ2) is 10.9. The van der Waals surface area contributed by atoms with Crippen molar-refractivity contribution in [3.63, 3.8) is 0 Å². The van der Waals surface area contributed by atoms with Crippen molar-refractivity contribution >= 4 is 29.9 Å². The van der Waals surface area contributed by atoms with E-state index < -0.39 is 6.10 Å². The summed E-state index contributed by atoms with van der Waals surface area (Å²) < 4.78 is 11.5. The van der Waals surface area contributed by atoms with Gasteiger partial charge < -0.3 is 20.1 Å². The lowest BCUT2D eigenvalue weighted by Crippen LogP contribution is -2.46. The van der Waals surface area contributed by atoms with Gasteiger partial charge in [0.1, 0.15) is 5.75 Å². The highest BCUT2D eigenvalue weighted by Crippen LogP contribution is 2.27. The number of rotatable bonds is 7. The highest BCUT2D eigenvalue weighted by molar-refractivity contribution is 6.32. The third kappa shape index (κ3) is 6.66. The summed E-state index contributed by atoms with van der Waals surface area (Å²) >= 11 is 6.13. The lowest BCUT2D eigenvalue weighted by Gasteiger charge is -2.33. The fourth-order valence-electron chi connectivity index (χ4n) is 2.78. The molecule has 1 heterocycles. The minimum absolute atomic E-state index is 0. The molecular weight excluding hydrogens is 363 g/mol. The van der Waals surface area contributed by atoms with Crippen LogP contribution in [0.25, 0.3) is 0 Å². The van der Waals surface area contributed by atoms with Crippen molar-refractivity contribution in [2.75, 3.05) is 26.2 Å². The largest absolute Gasteiger partial charge is 0.479 e. The zero-order chi connectivity index (χ0) is 17.5. The van der Waals surface area contributed by atoms with Gasteiger partial charge in [0.25, 0.3) is 5.91 Å². The molecule has 142 valence electrons. The Morgan fingerprint density at radius 2 is 2.08 bits per heavy atom. The van der Waals surface area contributed by atoms with Crippen molar-refractivity contribution in [3.05, 3.63) is 28.8 Å². The van der Waals surface area contributed by atoms with Gasteiger partial charge >= 0.3 is 0 Å². The molecule has 0 aliphatic carbocycles. The molecule has 2 rings (SSSR count). The Balaban J connectivity index is 0.00000312. The molecule has 1 saturated heterocycles. The van der Waals surface area contributed by atoms with Crippen LogP contribution < -0.4 is 10.5 Å². The number of nitrogens with zero attached hydrogens (tertiary/aromatic N) is 1. The summed E-state index contributed by atoms with van der Waals surface area (Å²) in [6.07, 6.45) is 2.26. The quantitative estimate of drug-likeness (QED) is 0.725. The lowest BCUT2D eigenvalue weighted by molar-refractivity contribution is -0.140. The second-order valence-electron chi connectivity index (χ2n) is 6.23. The first-order valence-electron chi connectivity index (χ1n) is 8.54. The Labute approximate surface area is 161 Å². The number of benzene rings is 1. The molecule has 0 spiro atoms. The maximum absolute atomic E-state index is 12.6. The molecule has 1 unspecified atom stereocenters. The van der Waals surface area contributed by atoms with E-state index in [1.54, 1.807) is 13.0 Å². The molecule has 0 radical (unpaired) electrons. The van der Waals surface area contributed by atoms with Crippen LogP contribution >= 0.6 is 24.0 Å². The van der Waals surface area contributed by atoms with Crippen LogP contribution in [0.5, 0.6) is 5.75 Å². The monoisotopic (exact) mass is 390 g/mol. The van der Waals surface area contributed by atoms with Crippen LogP contribution in [0.3, 0.4) is 0 Å². The first-order chi connectivity index (χ1) is 11.5. The lowest BCUT2D eigenvalue weighted by atomic mass is 10.1. The summed E-state index contributed by atoms with van der Waals surface area (Å²) in [5.74, 6) is 0.547. The third-order valence-corrected chi connectivity index (χ3v) is 4.51. The molecule has 1 aliphatic heterocycles. The number of ether oxygens (including phenoxy) is 2. The molecule has 1 aliphatic rings. The number of hydrogen-bond acceptors (Lipinski definition) is 4. The first-order valence-corrected chi connectivity index (χ1v) is 8.92. The summed E-state index contributed by atoms with van der Waals surface area (Å²) in [5, 5.41) is 0.521. The van der Waals surface area contributed by atoms with E-state index in [2.05, 4.69) is 0 Å². The zero-order valence-corrected chi connectivity index (χ0v) is 16.4. The Morgan fingerprint density at radius 3 is 2.72 bits per heavy atom. The Bertz CT molecular complexity index is 549. The fourth-order valence-corrected chi connectivity index (χ4v) is 2.94. The van der Waals surface area contributed by atoms with Crippen molar-refractivity contribution in [1.29, 1.82) is 0 Å². The van der Waals surface area contributed by atoms with Gasteiger partial charge in [-0.15, -0.1) is 12.4 Å². The average molecular weight is 391 g/mol.